The summed E-state index contributed by atoms with van der Waals surface area (Å²) < 4.78 is 35.0. The molecule has 0 radical (unpaired) electrons. The number of benzene rings is 1. The lowest BCUT2D eigenvalue weighted by Gasteiger charge is -2.18. The summed E-state index contributed by atoms with van der Waals surface area (Å²) in [5, 5.41) is 0. The van der Waals surface area contributed by atoms with Gasteiger partial charge in [-0.05, 0) is 31.9 Å². The number of hydrogen-bond acceptors (Lipinski definition) is 4. The van der Waals surface area contributed by atoms with Crippen LogP contribution in [0.25, 0.3) is 0 Å². The summed E-state index contributed by atoms with van der Waals surface area (Å²) in [4.78, 5) is 0.210. The Morgan fingerprint density at radius 2 is 1.85 bits per heavy atom. The molecule has 2 fully saturated rings. The van der Waals surface area contributed by atoms with Crippen LogP contribution in [0.15, 0.2) is 29.2 Å². The summed E-state index contributed by atoms with van der Waals surface area (Å²) in [6.07, 6.45) is 5.60. The van der Waals surface area contributed by atoms with Crippen molar-refractivity contribution in [3.8, 4) is 0 Å². The topological polar surface area (TPSA) is 55.9 Å². The van der Waals surface area contributed by atoms with Gasteiger partial charge in [-0.15, -0.1) is 0 Å². The van der Waals surface area contributed by atoms with Crippen molar-refractivity contribution in [1.29, 1.82) is 0 Å². The average molecular weight is 296 g/mol. The summed E-state index contributed by atoms with van der Waals surface area (Å²) in [5.74, 6) is 0. The van der Waals surface area contributed by atoms with E-state index in [0.29, 0.717) is 0 Å². The lowest BCUT2D eigenvalue weighted by molar-refractivity contribution is 0.223. The van der Waals surface area contributed by atoms with Gasteiger partial charge in [-0.3, -0.25) is 4.18 Å². The van der Waals surface area contributed by atoms with Gasteiger partial charge in [0.15, 0.2) is 0 Å². The first kappa shape index (κ1) is 14.0. The monoisotopic (exact) mass is 296 g/mol. The summed E-state index contributed by atoms with van der Waals surface area (Å²) in [7, 11) is -3.67. The second-order valence-electron chi connectivity index (χ2n) is 5.78. The second kappa shape index (κ2) is 5.13. The van der Waals surface area contributed by atoms with Crippen LogP contribution in [0.3, 0.4) is 0 Å². The Bertz CT molecular complexity index is 570. The largest absolute Gasteiger partial charge is 0.363 e. The highest BCUT2D eigenvalue weighted by Crippen LogP contribution is 2.48. The smallest absolute Gasteiger partial charge is 0.297 e. The maximum absolute atomic E-state index is 12.1. The fraction of sp³-hybridized carbons (Fsp3) is 0.600. The number of hydrogen-bond donors (Lipinski definition) is 0. The maximum Gasteiger partial charge on any atom is 0.297 e. The molecule has 1 saturated heterocycles. The van der Waals surface area contributed by atoms with E-state index in [1.807, 2.05) is 6.92 Å². The van der Waals surface area contributed by atoms with E-state index in [0.717, 1.165) is 18.4 Å². The molecule has 1 spiro atoms. The SMILES string of the molecule is Cc1ccc(S(=O)(=O)OCC2OC23CCCCC3)cc1. The number of aryl methyl sites for hydroxylation is 1. The molecule has 1 heterocycles. The molecule has 4 nitrogen and oxygen atoms in total. The van der Waals surface area contributed by atoms with E-state index in [1.165, 1.54) is 19.3 Å². The zero-order valence-corrected chi connectivity index (χ0v) is 12.5. The molecule has 20 heavy (non-hydrogen) atoms. The molecule has 1 aromatic carbocycles. The van der Waals surface area contributed by atoms with Gasteiger partial charge in [0.1, 0.15) is 6.10 Å². The number of ether oxygens (including phenoxy) is 1. The molecule has 2 aliphatic rings. The Balaban J connectivity index is 1.59. The van der Waals surface area contributed by atoms with Crippen LogP contribution in [0.4, 0.5) is 0 Å². The average Bonchev–Trinajstić information content (AvgIpc) is 3.10. The van der Waals surface area contributed by atoms with Gasteiger partial charge in [-0.25, -0.2) is 0 Å². The first-order chi connectivity index (χ1) is 9.52. The Labute approximate surface area is 120 Å². The molecule has 1 aliphatic carbocycles. The van der Waals surface area contributed by atoms with Crippen LogP contribution in [-0.4, -0.2) is 26.7 Å². The van der Waals surface area contributed by atoms with Gasteiger partial charge >= 0.3 is 0 Å². The maximum atomic E-state index is 12.1. The highest BCUT2D eigenvalue weighted by atomic mass is 32.2. The van der Waals surface area contributed by atoms with Crippen molar-refractivity contribution < 1.29 is 17.3 Å². The molecular weight excluding hydrogens is 276 g/mol. The van der Waals surface area contributed by atoms with E-state index in [-0.39, 0.29) is 23.2 Å². The van der Waals surface area contributed by atoms with E-state index in [4.69, 9.17) is 8.92 Å². The van der Waals surface area contributed by atoms with Crippen LogP contribution in [0, 0.1) is 6.92 Å². The number of epoxide rings is 1. The van der Waals surface area contributed by atoms with Gasteiger partial charge in [-0.2, -0.15) is 8.42 Å². The van der Waals surface area contributed by atoms with Crippen LogP contribution in [0.1, 0.15) is 37.7 Å². The Morgan fingerprint density at radius 3 is 2.50 bits per heavy atom. The highest BCUT2D eigenvalue weighted by Gasteiger charge is 2.56. The predicted molar refractivity (Wildman–Crippen MR) is 75.0 cm³/mol. The second-order valence-corrected chi connectivity index (χ2v) is 7.40. The first-order valence-corrected chi connectivity index (χ1v) is 8.57. The molecule has 5 heteroatoms. The van der Waals surface area contributed by atoms with Gasteiger partial charge in [0, 0.05) is 0 Å². The van der Waals surface area contributed by atoms with Crippen molar-refractivity contribution in [2.45, 2.75) is 55.6 Å². The van der Waals surface area contributed by atoms with Crippen molar-refractivity contribution in [3.63, 3.8) is 0 Å². The van der Waals surface area contributed by atoms with Gasteiger partial charge < -0.3 is 4.74 Å². The fourth-order valence-corrected chi connectivity index (χ4v) is 3.86. The minimum atomic E-state index is -3.67. The summed E-state index contributed by atoms with van der Waals surface area (Å²) in [5.41, 5.74) is 0.941. The normalized spacial score (nSPS) is 24.8. The third-order valence-electron chi connectivity index (χ3n) is 4.29. The van der Waals surface area contributed by atoms with E-state index >= 15 is 0 Å². The minimum Gasteiger partial charge on any atom is -0.363 e. The Morgan fingerprint density at radius 1 is 1.20 bits per heavy atom. The van der Waals surface area contributed by atoms with E-state index in [2.05, 4.69) is 0 Å². The molecule has 1 unspecified atom stereocenters. The molecule has 110 valence electrons. The van der Waals surface area contributed by atoms with Crippen LogP contribution in [0.2, 0.25) is 0 Å². The third-order valence-corrected chi connectivity index (χ3v) is 5.59. The molecule has 0 bridgehead atoms. The fourth-order valence-electron chi connectivity index (χ4n) is 2.95. The zero-order valence-electron chi connectivity index (χ0n) is 11.7. The van der Waals surface area contributed by atoms with E-state index in [1.54, 1.807) is 24.3 Å². The van der Waals surface area contributed by atoms with Gasteiger partial charge in [-0.1, -0.05) is 37.0 Å². The van der Waals surface area contributed by atoms with Crippen molar-refractivity contribution in [2.24, 2.45) is 0 Å². The lowest BCUT2D eigenvalue weighted by atomic mass is 9.87. The zero-order chi connectivity index (χ0) is 14.2. The third kappa shape index (κ3) is 2.75. The van der Waals surface area contributed by atoms with Crippen LogP contribution in [0.5, 0.6) is 0 Å². The van der Waals surface area contributed by atoms with Gasteiger partial charge in [0.25, 0.3) is 10.1 Å². The first-order valence-electron chi connectivity index (χ1n) is 7.16. The Kier molecular flexibility index (Phi) is 3.60. The van der Waals surface area contributed by atoms with Crippen LogP contribution >= 0.6 is 0 Å². The molecular formula is C15H20O4S. The molecule has 1 saturated carbocycles. The van der Waals surface area contributed by atoms with Crippen molar-refractivity contribution in [1.82, 2.24) is 0 Å². The highest BCUT2D eigenvalue weighted by molar-refractivity contribution is 7.86. The summed E-state index contributed by atoms with van der Waals surface area (Å²) in [6.45, 7) is 2.05. The van der Waals surface area contributed by atoms with Crippen molar-refractivity contribution in [2.75, 3.05) is 6.61 Å². The van der Waals surface area contributed by atoms with Gasteiger partial charge in [0.05, 0.1) is 17.1 Å². The van der Waals surface area contributed by atoms with Crippen molar-refractivity contribution in [3.05, 3.63) is 29.8 Å². The lowest BCUT2D eigenvalue weighted by Crippen LogP contribution is -2.22. The van der Waals surface area contributed by atoms with Gasteiger partial charge in [0.2, 0.25) is 0 Å². The van der Waals surface area contributed by atoms with E-state index in [9.17, 15) is 8.42 Å². The molecule has 1 aliphatic heterocycles. The van der Waals surface area contributed by atoms with E-state index < -0.39 is 10.1 Å². The predicted octanol–water partition coefficient (Wildman–Crippen LogP) is 2.80. The Hall–Kier alpha value is -0.910. The van der Waals surface area contributed by atoms with Crippen LogP contribution in [-0.2, 0) is 19.0 Å². The van der Waals surface area contributed by atoms with Crippen LogP contribution < -0.4 is 0 Å². The molecule has 0 amide bonds. The summed E-state index contributed by atoms with van der Waals surface area (Å²) >= 11 is 0. The summed E-state index contributed by atoms with van der Waals surface area (Å²) in [6, 6.07) is 6.70. The van der Waals surface area contributed by atoms with Crippen molar-refractivity contribution >= 4 is 10.1 Å². The molecule has 1 atom stereocenters. The standard InChI is InChI=1S/C15H20O4S/c1-12-5-7-13(8-6-12)20(16,17)18-11-14-15(19-14)9-3-2-4-10-15/h5-8,14H,2-4,9-11H2,1H3. The minimum absolute atomic E-state index is 0.0528. The quantitative estimate of drug-likeness (QED) is 0.633. The molecule has 1 aromatic rings. The molecule has 0 aromatic heterocycles. The number of rotatable bonds is 4. The molecule has 3 rings (SSSR count). The molecule has 0 N–H and O–H groups in total.